The molecule has 0 amide bonds. The van der Waals surface area contributed by atoms with Crippen molar-refractivity contribution in [2.24, 2.45) is 0 Å². The van der Waals surface area contributed by atoms with Crippen molar-refractivity contribution in [3.63, 3.8) is 0 Å². The van der Waals surface area contributed by atoms with Crippen molar-refractivity contribution in [2.75, 3.05) is 13.7 Å². The van der Waals surface area contributed by atoms with E-state index >= 15 is 0 Å². The van der Waals surface area contributed by atoms with Crippen molar-refractivity contribution in [3.05, 3.63) is 45.9 Å². The normalized spacial score (nSPS) is 18.3. The molecule has 1 N–H and O–H groups in total. The molecule has 4 nitrogen and oxygen atoms in total. The summed E-state index contributed by atoms with van der Waals surface area (Å²) in [5.74, 6) is -1.03. The van der Waals surface area contributed by atoms with Crippen LogP contribution < -0.4 is 5.32 Å². The number of carbonyl (C=O) groups excluding carboxylic acids is 1. The van der Waals surface area contributed by atoms with Crippen molar-refractivity contribution >= 4 is 34.9 Å². The van der Waals surface area contributed by atoms with Gasteiger partial charge in [0, 0.05) is 23.3 Å². The van der Waals surface area contributed by atoms with Crippen LogP contribution in [0.3, 0.4) is 0 Å². The zero-order valence-corrected chi connectivity index (χ0v) is 14.0. The van der Waals surface area contributed by atoms with Gasteiger partial charge >= 0.3 is 5.97 Å². The van der Waals surface area contributed by atoms with Crippen molar-refractivity contribution in [1.82, 2.24) is 10.2 Å². The predicted molar refractivity (Wildman–Crippen MR) is 87.0 cm³/mol. The van der Waals surface area contributed by atoms with E-state index in [4.69, 9.17) is 28.6 Å². The summed E-state index contributed by atoms with van der Waals surface area (Å²) in [6, 6.07) is 3.59. The van der Waals surface area contributed by atoms with E-state index < -0.39 is 17.8 Å². The summed E-state index contributed by atoms with van der Waals surface area (Å²) < 4.78 is 19.3. The zero-order valence-electron chi connectivity index (χ0n) is 12.4. The Balaban J connectivity index is 2.61. The van der Waals surface area contributed by atoms with E-state index in [0.29, 0.717) is 16.4 Å². The van der Waals surface area contributed by atoms with Crippen LogP contribution in [0.5, 0.6) is 0 Å². The summed E-state index contributed by atoms with van der Waals surface area (Å²) in [5.41, 5.74) is 1.08. The molecule has 0 saturated carbocycles. The summed E-state index contributed by atoms with van der Waals surface area (Å²) in [6.45, 7) is 3.67. The number of ether oxygens (including phenoxy) is 1. The minimum Gasteiger partial charge on any atom is -0.463 e. The van der Waals surface area contributed by atoms with Gasteiger partial charge in [0.05, 0.1) is 18.2 Å². The number of rotatable bonds is 3. The fraction of sp³-hybridized carbons (Fsp3) is 0.333. The summed E-state index contributed by atoms with van der Waals surface area (Å²) in [5, 5.41) is 3.56. The average Bonchev–Trinajstić information content (AvgIpc) is 2.45. The molecular formula is C15H16ClFN2O2S. The molecule has 1 heterocycles. The molecule has 0 saturated heterocycles. The molecule has 1 aromatic rings. The Hall–Kier alpha value is -1.66. The fourth-order valence-corrected chi connectivity index (χ4v) is 2.84. The third kappa shape index (κ3) is 2.94. The number of hydrogen-bond donors (Lipinski definition) is 1. The Kier molecular flexibility index (Phi) is 5.03. The Bertz CT molecular complexity index is 643. The Morgan fingerprint density at radius 2 is 2.23 bits per heavy atom. The van der Waals surface area contributed by atoms with E-state index in [9.17, 15) is 9.18 Å². The molecule has 1 aromatic carbocycles. The molecule has 0 unspecified atom stereocenters. The van der Waals surface area contributed by atoms with Crippen LogP contribution in [0.15, 0.2) is 29.5 Å². The van der Waals surface area contributed by atoms with Crippen LogP contribution >= 0.6 is 23.8 Å². The van der Waals surface area contributed by atoms with Gasteiger partial charge in [-0.3, -0.25) is 0 Å². The van der Waals surface area contributed by atoms with E-state index in [1.54, 1.807) is 31.9 Å². The SMILES string of the molecule is CCOC(=O)C1=C(C)N(C)C(=S)N[C@@H]1c1c(F)cccc1Cl. The highest BCUT2D eigenvalue weighted by atomic mass is 35.5. The monoisotopic (exact) mass is 342 g/mol. The number of benzene rings is 1. The molecular weight excluding hydrogens is 327 g/mol. The van der Waals surface area contributed by atoms with Crippen LogP contribution in [-0.4, -0.2) is 29.6 Å². The Morgan fingerprint density at radius 1 is 1.55 bits per heavy atom. The lowest BCUT2D eigenvalue weighted by atomic mass is 9.94. The van der Waals surface area contributed by atoms with Gasteiger partial charge in [-0.15, -0.1) is 0 Å². The molecule has 0 fully saturated rings. The number of carbonyl (C=O) groups is 1. The van der Waals surface area contributed by atoms with Crippen molar-refractivity contribution in [2.45, 2.75) is 19.9 Å². The topological polar surface area (TPSA) is 41.6 Å². The van der Waals surface area contributed by atoms with Crippen LogP contribution in [0.4, 0.5) is 4.39 Å². The van der Waals surface area contributed by atoms with Gasteiger partial charge < -0.3 is 15.0 Å². The number of nitrogens with one attached hydrogen (secondary N) is 1. The highest BCUT2D eigenvalue weighted by Gasteiger charge is 2.35. The molecule has 0 spiro atoms. The average molecular weight is 343 g/mol. The lowest BCUT2D eigenvalue weighted by Gasteiger charge is -2.35. The molecule has 0 bridgehead atoms. The van der Waals surface area contributed by atoms with Gasteiger partial charge in [-0.05, 0) is 38.2 Å². The van der Waals surface area contributed by atoms with Crippen LogP contribution in [0.25, 0.3) is 0 Å². The van der Waals surface area contributed by atoms with Gasteiger partial charge in [0.1, 0.15) is 5.82 Å². The lowest BCUT2D eigenvalue weighted by molar-refractivity contribution is -0.139. The number of esters is 1. The molecule has 2 rings (SSSR count). The van der Waals surface area contributed by atoms with Crippen molar-refractivity contribution in [1.29, 1.82) is 0 Å². The first-order valence-corrected chi connectivity index (χ1v) is 7.53. The minimum atomic E-state index is -0.781. The molecule has 0 aromatic heterocycles. The Labute approximate surface area is 138 Å². The molecule has 0 radical (unpaired) electrons. The summed E-state index contributed by atoms with van der Waals surface area (Å²) in [6.07, 6.45) is 0. The molecule has 1 aliphatic rings. The number of hydrogen-bond acceptors (Lipinski definition) is 3. The third-order valence-corrected chi connectivity index (χ3v) is 4.26. The number of thiocarbonyl (C=S) groups is 1. The lowest BCUT2D eigenvalue weighted by Crippen LogP contribution is -2.46. The summed E-state index contributed by atoms with van der Waals surface area (Å²) in [4.78, 5) is 14.0. The van der Waals surface area contributed by atoms with Gasteiger partial charge in [0.15, 0.2) is 5.11 Å². The van der Waals surface area contributed by atoms with Crippen LogP contribution in [-0.2, 0) is 9.53 Å². The van der Waals surface area contributed by atoms with E-state index in [1.165, 1.54) is 12.1 Å². The molecule has 118 valence electrons. The molecule has 0 aliphatic carbocycles. The summed E-state index contributed by atoms with van der Waals surface area (Å²) in [7, 11) is 1.73. The first-order valence-electron chi connectivity index (χ1n) is 6.74. The number of nitrogens with zero attached hydrogens (tertiary/aromatic N) is 1. The first-order chi connectivity index (χ1) is 10.4. The van der Waals surface area contributed by atoms with Gasteiger partial charge in [0.25, 0.3) is 0 Å². The van der Waals surface area contributed by atoms with E-state index in [0.717, 1.165) is 0 Å². The van der Waals surface area contributed by atoms with Crippen LogP contribution in [0.2, 0.25) is 5.02 Å². The smallest absolute Gasteiger partial charge is 0.338 e. The predicted octanol–water partition coefficient (Wildman–Crippen LogP) is 3.18. The highest BCUT2D eigenvalue weighted by molar-refractivity contribution is 7.80. The van der Waals surface area contributed by atoms with Crippen molar-refractivity contribution in [3.8, 4) is 0 Å². The fourth-order valence-electron chi connectivity index (χ4n) is 2.31. The molecule has 22 heavy (non-hydrogen) atoms. The van der Waals surface area contributed by atoms with Gasteiger partial charge in [-0.25, -0.2) is 9.18 Å². The zero-order chi connectivity index (χ0) is 16.4. The second kappa shape index (κ2) is 6.62. The second-order valence-electron chi connectivity index (χ2n) is 4.80. The minimum absolute atomic E-state index is 0.182. The van der Waals surface area contributed by atoms with Gasteiger partial charge in [-0.1, -0.05) is 17.7 Å². The largest absolute Gasteiger partial charge is 0.463 e. The second-order valence-corrected chi connectivity index (χ2v) is 5.59. The number of halogens is 2. The van der Waals surface area contributed by atoms with Crippen molar-refractivity contribution < 1.29 is 13.9 Å². The van der Waals surface area contributed by atoms with E-state index in [1.807, 2.05) is 0 Å². The van der Waals surface area contributed by atoms with Crippen LogP contribution in [0.1, 0.15) is 25.5 Å². The molecule has 1 aliphatic heterocycles. The maximum Gasteiger partial charge on any atom is 0.338 e. The van der Waals surface area contributed by atoms with E-state index in [2.05, 4.69) is 5.32 Å². The molecule has 1 atom stereocenters. The van der Waals surface area contributed by atoms with Crippen LogP contribution in [0, 0.1) is 5.82 Å². The van der Waals surface area contributed by atoms with Gasteiger partial charge in [-0.2, -0.15) is 0 Å². The molecule has 7 heteroatoms. The Morgan fingerprint density at radius 3 is 2.82 bits per heavy atom. The van der Waals surface area contributed by atoms with E-state index in [-0.39, 0.29) is 17.2 Å². The first kappa shape index (κ1) is 16.7. The van der Waals surface area contributed by atoms with Gasteiger partial charge in [0.2, 0.25) is 0 Å². The summed E-state index contributed by atoms with van der Waals surface area (Å²) >= 11 is 11.4. The maximum atomic E-state index is 14.3. The highest BCUT2D eigenvalue weighted by Crippen LogP contribution is 2.35. The standard InChI is InChI=1S/C15H16ClFN2O2S/c1-4-21-14(20)11-8(2)19(3)15(22)18-13(11)12-9(16)6-5-7-10(12)17/h5-7,13H,4H2,1-3H3,(H,18,22)/t13-/m0/s1. The number of allylic oxidation sites excluding steroid dienone is 1. The quantitative estimate of drug-likeness (QED) is 0.675. The third-order valence-electron chi connectivity index (χ3n) is 3.54. The maximum absolute atomic E-state index is 14.3.